The van der Waals surface area contributed by atoms with E-state index in [1.54, 1.807) is 0 Å². The van der Waals surface area contributed by atoms with E-state index in [1.807, 2.05) is 32.9 Å². The number of hydrogen-bond acceptors (Lipinski definition) is 3. The van der Waals surface area contributed by atoms with Gasteiger partial charge in [-0.3, -0.25) is 9.59 Å². The van der Waals surface area contributed by atoms with Crippen LogP contribution in [0.2, 0.25) is 0 Å². The number of allylic oxidation sites excluding steroid dienone is 6. The molecule has 3 nitrogen and oxygen atoms in total. The van der Waals surface area contributed by atoms with Gasteiger partial charge in [0.25, 0.3) is 0 Å². The van der Waals surface area contributed by atoms with Crippen LogP contribution in [0.15, 0.2) is 46.3 Å². The second kappa shape index (κ2) is 6.44. The monoisotopic (exact) mass is 340 g/mol. The smallest absolute Gasteiger partial charge is 0.229 e. The molecule has 0 N–H and O–H groups in total. The number of carbonyl (C=O) groups excluding carboxylic acids is 2. The molecule has 2 atom stereocenters. The largest absolute Gasteiger partial charge is 0.492 e. The summed E-state index contributed by atoms with van der Waals surface area (Å²) in [5.41, 5.74) is 4.10. The second-order valence-corrected chi connectivity index (χ2v) is 7.76. The predicted octanol–water partition coefficient (Wildman–Crippen LogP) is 4.70. The zero-order valence-electron chi connectivity index (χ0n) is 15.9. The maximum Gasteiger partial charge on any atom is 0.229 e. The molecule has 2 unspecified atom stereocenters. The van der Waals surface area contributed by atoms with Crippen LogP contribution in [-0.2, 0) is 14.3 Å². The summed E-state index contributed by atoms with van der Waals surface area (Å²) in [4.78, 5) is 25.2. The molecule has 0 aromatic rings. The molecule has 0 bridgehead atoms. The van der Waals surface area contributed by atoms with Crippen molar-refractivity contribution in [2.24, 2.45) is 17.3 Å². The number of Topliss-reactive ketones (excluding diaryl/α,β-unsaturated/α-hetero) is 2. The quantitative estimate of drug-likeness (QED) is 0.600. The van der Waals surface area contributed by atoms with Crippen LogP contribution in [0.1, 0.15) is 53.9 Å². The minimum absolute atomic E-state index is 0.00516. The summed E-state index contributed by atoms with van der Waals surface area (Å²) in [5, 5.41) is 0. The fraction of sp³-hybridized carbons (Fsp3) is 0.545. The number of fused-ring (bicyclic) bond motifs is 3. The van der Waals surface area contributed by atoms with Gasteiger partial charge in [-0.2, -0.15) is 0 Å². The number of ketones is 2. The molecule has 0 radical (unpaired) electrons. The molecule has 0 saturated heterocycles. The first-order chi connectivity index (χ1) is 11.9. The Balaban J connectivity index is 0.000000880. The van der Waals surface area contributed by atoms with Crippen molar-refractivity contribution in [3.63, 3.8) is 0 Å². The molecule has 25 heavy (non-hydrogen) atoms. The minimum atomic E-state index is -0.468. The highest BCUT2D eigenvalue weighted by Gasteiger charge is 2.45. The maximum atomic E-state index is 12.7. The summed E-state index contributed by atoms with van der Waals surface area (Å²) < 4.78 is 5.80. The van der Waals surface area contributed by atoms with E-state index in [4.69, 9.17) is 4.74 Å². The lowest BCUT2D eigenvalue weighted by Gasteiger charge is -2.35. The Kier molecular flexibility index (Phi) is 4.61. The molecule has 0 amide bonds. The Morgan fingerprint density at radius 3 is 2.60 bits per heavy atom. The molecule has 0 spiro atoms. The third-order valence-corrected chi connectivity index (χ3v) is 5.68. The lowest BCUT2D eigenvalue weighted by atomic mass is 9.70. The van der Waals surface area contributed by atoms with Crippen LogP contribution in [0.25, 0.3) is 0 Å². The van der Waals surface area contributed by atoms with E-state index >= 15 is 0 Å². The van der Waals surface area contributed by atoms with Gasteiger partial charge in [-0.1, -0.05) is 52.8 Å². The topological polar surface area (TPSA) is 43.4 Å². The molecule has 4 aliphatic rings. The summed E-state index contributed by atoms with van der Waals surface area (Å²) in [6.07, 6.45) is 9.47. The fourth-order valence-corrected chi connectivity index (χ4v) is 4.37. The summed E-state index contributed by atoms with van der Waals surface area (Å²) in [6, 6.07) is 0. The minimum Gasteiger partial charge on any atom is -0.492 e. The standard InChI is InChI=1S/C20H22O3.C2H6/c1-11-10-23-19-13-6-7-15-12(5-4-8-20(15,2)3)9-14(13)17(21)18(22)16(11)19;1-2/h6-7,9,11,14H,4-5,8,10H2,1-3H3;1-2H3. The Labute approximate surface area is 150 Å². The highest BCUT2D eigenvalue weighted by molar-refractivity contribution is 6.46. The van der Waals surface area contributed by atoms with Crippen molar-refractivity contribution >= 4 is 11.6 Å². The maximum absolute atomic E-state index is 12.7. The lowest BCUT2D eigenvalue weighted by Crippen LogP contribution is -2.32. The molecule has 3 heteroatoms. The Bertz CT molecular complexity index is 743. The normalized spacial score (nSPS) is 29.7. The molecule has 4 rings (SSSR count). The third kappa shape index (κ3) is 2.74. The third-order valence-electron chi connectivity index (χ3n) is 5.68. The molecule has 3 aliphatic carbocycles. The summed E-state index contributed by atoms with van der Waals surface area (Å²) >= 11 is 0. The van der Waals surface area contributed by atoms with Crippen molar-refractivity contribution in [3.8, 4) is 0 Å². The van der Waals surface area contributed by atoms with E-state index in [1.165, 1.54) is 11.1 Å². The molecule has 1 fully saturated rings. The predicted molar refractivity (Wildman–Crippen MR) is 98.9 cm³/mol. The molecule has 0 aromatic carbocycles. The Morgan fingerprint density at radius 2 is 1.88 bits per heavy atom. The number of rotatable bonds is 0. The molecule has 0 aromatic heterocycles. The van der Waals surface area contributed by atoms with E-state index in [0.717, 1.165) is 24.8 Å². The van der Waals surface area contributed by atoms with Crippen LogP contribution in [0.4, 0.5) is 0 Å². The first kappa shape index (κ1) is 17.9. The molecular formula is C22H28O3. The van der Waals surface area contributed by atoms with Gasteiger partial charge in [0.15, 0.2) is 0 Å². The zero-order chi connectivity index (χ0) is 18.4. The van der Waals surface area contributed by atoms with E-state index < -0.39 is 5.92 Å². The van der Waals surface area contributed by atoms with Gasteiger partial charge in [0.2, 0.25) is 11.6 Å². The highest BCUT2D eigenvalue weighted by atomic mass is 16.5. The molecule has 1 saturated carbocycles. The van der Waals surface area contributed by atoms with E-state index in [0.29, 0.717) is 17.9 Å². The van der Waals surface area contributed by atoms with E-state index in [-0.39, 0.29) is 22.9 Å². The zero-order valence-corrected chi connectivity index (χ0v) is 15.9. The Morgan fingerprint density at radius 1 is 1.16 bits per heavy atom. The van der Waals surface area contributed by atoms with Gasteiger partial charge in [0, 0.05) is 11.5 Å². The van der Waals surface area contributed by atoms with Gasteiger partial charge in [0.1, 0.15) is 5.76 Å². The van der Waals surface area contributed by atoms with Crippen molar-refractivity contribution in [3.05, 3.63) is 46.3 Å². The van der Waals surface area contributed by atoms with Crippen molar-refractivity contribution in [1.82, 2.24) is 0 Å². The lowest BCUT2D eigenvalue weighted by molar-refractivity contribution is -0.136. The van der Waals surface area contributed by atoms with Gasteiger partial charge < -0.3 is 4.74 Å². The number of carbonyl (C=O) groups is 2. The van der Waals surface area contributed by atoms with E-state index in [9.17, 15) is 9.59 Å². The van der Waals surface area contributed by atoms with Gasteiger partial charge in [-0.15, -0.1) is 0 Å². The van der Waals surface area contributed by atoms with Crippen molar-refractivity contribution in [2.75, 3.05) is 6.61 Å². The van der Waals surface area contributed by atoms with Gasteiger partial charge >= 0.3 is 0 Å². The Hall–Kier alpha value is -1.90. The molecular weight excluding hydrogens is 312 g/mol. The fourth-order valence-electron chi connectivity index (χ4n) is 4.37. The van der Waals surface area contributed by atoms with Crippen LogP contribution in [-0.4, -0.2) is 18.2 Å². The SMILES string of the molecule is CC.CC1COC2=C1C(=O)C(=O)C1C=C3CCCC(C)(C)C3=CC=C21. The average molecular weight is 340 g/mol. The second-order valence-electron chi connectivity index (χ2n) is 7.76. The molecule has 134 valence electrons. The van der Waals surface area contributed by atoms with Gasteiger partial charge in [-0.05, 0) is 35.8 Å². The molecule has 1 heterocycles. The van der Waals surface area contributed by atoms with Crippen LogP contribution in [0.5, 0.6) is 0 Å². The van der Waals surface area contributed by atoms with Crippen molar-refractivity contribution in [1.29, 1.82) is 0 Å². The first-order valence-corrected chi connectivity index (χ1v) is 9.49. The van der Waals surface area contributed by atoms with Crippen LogP contribution < -0.4 is 0 Å². The summed E-state index contributed by atoms with van der Waals surface area (Å²) in [5.74, 6) is -0.438. The molecule has 1 aliphatic heterocycles. The van der Waals surface area contributed by atoms with Crippen LogP contribution in [0.3, 0.4) is 0 Å². The summed E-state index contributed by atoms with van der Waals surface area (Å²) in [6.45, 7) is 11.0. The number of hydrogen-bond donors (Lipinski definition) is 0. The van der Waals surface area contributed by atoms with Crippen LogP contribution in [0, 0.1) is 17.3 Å². The van der Waals surface area contributed by atoms with Crippen molar-refractivity contribution in [2.45, 2.75) is 53.9 Å². The first-order valence-electron chi connectivity index (χ1n) is 9.49. The highest BCUT2D eigenvalue weighted by Crippen LogP contribution is 2.47. The summed E-state index contributed by atoms with van der Waals surface area (Å²) in [7, 11) is 0. The van der Waals surface area contributed by atoms with Gasteiger partial charge in [0.05, 0.1) is 18.1 Å². The van der Waals surface area contributed by atoms with Crippen molar-refractivity contribution < 1.29 is 14.3 Å². The van der Waals surface area contributed by atoms with Gasteiger partial charge in [-0.25, -0.2) is 0 Å². The van der Waals surface area contributed by atoms with E-state index in [2.05, 4.69) is 19.9 Å². The van der Waals surface area contributed by atoms with Crippen LogP contribution >= 0.6 is 0 Å². The number of ether oxygens (including phenoxy) is 1. The average Bonchev–Trinajstić information content (AvgIpc) is 2.85.